The van der Waals surface area contributed by atoms with E-state index in [0.717, 1.165) is 32.4 Å². The average molecular weight is 302 g/mol. The van der Waals surface area contributed by atoms with Gasteiger partial charge in [0.15, 0.2) is 5.60 Å². The summed E-state index contributed by atoms with van der Waals surface area (Å²) in [4.78, 5) is 14.4. The summed E-state index contributed by atoms with van der Waals surface area (Å²) in [6.45, 7) is 1.92. The van der Waals surface area contributed by atoms with E-state index >= 15 is 0 Å². The van der Waals surface area contributed by atoms with Gasteiger partial charge in [0, 0.05) is 25.7 Å². The molecule has 120 valence electrons. The number of rotatable bonds is 7. The standard InChI is InChI=1S/C18H26N2O2/c21-17-18(22,14-19-16-9-10-16)11-5-13-20(17)12-4-8-15-6-2-1-3-7-15/h1-3,6-7,16,19,22H,4-5,8-14H2. The number of amides is 1. The zero-order valence-corrected chi connectivity index (χ0v) is 13.1. The number of benzene rings is 1. The van der Waals surface area contributed by atoms with Gasteiger partial charge in [-0.2, -0.15) is 0 Å². The molecule has 1 atom stereocenters. The molecule has 1 aliphatic carbocycles. The van der Waals surface area contributed by atoms with E-state index in [9.17, 15) is 9.90 Å². The van der Waals surface area contributed by atoms with E-state index in [2.05, 4.69) is 17.4 Å². The molecule has 0 aromatic heterocycles. The van der Waals surface area contributed by atoms with Gasteiger partial charge in [-0.25, -0.2) is 0 Å². The largest absolute Gasteiger partial charge is 0.379 e. The van der Waals surface area contributed by atoms with E-state index in [1.807, 2.05) is 23.1 Å². The molecule has 2 N–H and O–H groups in total. The van der Waals surface area contributed by atoms with Crippen LogP contribution in [0.1, 0.15) is 37.7 Å². The van der Waals surface area contributed by atoms with Gasteiger partial charge in [-0.15, -0.1) is 0 Å². The van der Waals surface area contributed by atoms with Crippen LogP contribution in [0.2, 0.25) is 0 Å². The Morgan fingerprint density at radius 1 is 1.27 bits per heavy atom. The van der Waals surface area contributed by atoms with Gasteiger partial charge in [-0.3, -0.25) is 4.79 Å². The fraction of sp³-hybridized carbons (Fsp3) is 0.611. The van der Waals surface area contributed by atoms with E-state index < -0.39 is 5.60 Å². The molecule has 22 heavy (non-hydrogen) atoms. The van der Waals surface area contributed by atoms with Crippen LogP contribution in [0, 0.1) is 0 Å². The zero-order valence-electron chi connectivity index (χ0n) is 13.1. The number of carbonyl (C=O) groups is 1. The highest BCUT2D eigenvalue weighted by Gasteiger charge is 2.42. The summed E-state index contributed by atoms with van der Waals surface area (Å²) in [6.07, 6.45) is 5.74. The first kappa shape index (κ1) is 15.5. The summed E-state index contributed by atoms with van der Waals surface area (Å²) >= 11 is 0. The Labute approximate surface area is 132 Å². The van der Waals surface area contributed by atoms with Gasteiger partial charge < -0.3 is 15.3 Å². The number of piperidine rings is 1. The van der Waals surface area contributed by atoms with Crippen LogP contribution in [0.4, 0.5) is 0 Å². The van der Waals surface area contributed by atoms with Crippen molar-refractivity contribution in [1.82, 2.24) is 10.2 Å². The third kappa shape index (κ3) is 3.87. The first-order chi connectivity index (χ1) is 10.7. The Morgan fingerprint density at radius 2 is 2.05 bits per heavy atom. The van der Waals surface area contributed by atoms with Crippen molar-refractivity contribution < 1.29 is 9.90 Å². The molecule has 4 nitrogen and oxygen atoms in total. The maximum absolute atomic E-state index is 12.6. The molecule has 0 bridgehead atoms. The van der Waals surface area contributed by atoms with Gasteiger partial charge >= 0.3 is 0 Å². The summed E-state index contributed by atoms with van der Waals surface area (Å²) in [6, 6.07) is 10.9. The Balaban J connectivity index is 1.48. The zero-order chi connectivity index (χ0) is 15.4. The predicted molar refractivity (Wildman–Crippen MR) is 86.6 cm³/mol. The van der Waals surface area contributed by atoms with Gasteiger partial charge in [-0.05, 0) is 44.1 Å². The number of likely N-dealkylation sites (tertiary alicyclic amines) is 1. The van der Waals surface area contributed by atoms with Crippen molar-refractivity contribution in [1.29, 1.82) is 0 Å². The predicted octanol–water partition coefficient (Wildman–Crippen LogP) is 1.72. The summed E-state index contributed by atoms with van der Waals surface area (Å²) in [5, 5.41) is 14.0. The maximum atomic E-state index is 12.6. The molecule has 1 amide bonds. The van der Waals surface area contributed by atoms with Crippen LogP contribution in [0.25, 0.3) is 0 Å². The van der Waals surface area contributed by atoms with Gasteiger partial charge in [0.25, 0.3) is 5.91 Å². The molecular weight excluding hydrogens is 276 g/mol. The molecule has 1 saturated heterocycles. The fourth-order valence-electron chi connectivity index (χ4n) is 3.16. The minimum Gasteiger partial charge on any atom is -0.379 e. The minimum atomic E-state index is -1.19. The molecule has 3 rings (SSSR count). The molecule has 1 aromatic carbocycles. The summed E-state index contributed by atoms with van der Waals surface area (Å²) in [5.41, 5.74) is 0.116. The molecule has 2 aliphatic rings. The maximum Gasteiger partial charge on any atom is 0.255 e. The van der Waals surface area contributed by atoms with E-state index in [-0.39, 0.29) is 5.91 Å². The second kappa shape index (κ2) is 6.80. The Morgan fingerprint density at radius 3 is 2.77 bits per heavy atom. The number of nitrogens with zero attached hydrogens (tertiary/aromatic N) is 1. The first-order valence-corrected chi connectivity index (χ1v) is 8.46. The highest BCUT2D eigenvalue weighted by Crippen LogP contribution is 2.25. The average Bonchev–Trinajstić information content (AvgIpc) is 3.35. The fourth-order valence-corrected chi connectivity index (χ4v) is 3.16. The normalized spacial score (nSPS) is 25.5. The molecule has 2 fully saturated rings. The Kier molecular flexibility index (Phi) is 4.79. The molecule has 1 aliphatic heterocycles. The lowest BCUT2D eigenvalue weighted by Gasteiger charge is -2.38. The van der Waals surface area contributed by atoms with Crippen LogP contribution < -0.4 is 5.32 Å². The van der Waals surface area contributed by atoms with E-state index in [4.69, 9.17) is 0 Å². The highest BCUT2D eigenvalue weighted by atomic mass is 16.3. The lowest BCUT2D eigenvalue weighted by Crippen LogP contribution is -2.58. The molecule has 1 unspecified atom stereocenters. The van der Waals surface area contributed by atoms with Gasteiger partial charge in [-0.1, -0.05) is 30.3 Å². The van der Waals surface area contributed by atoms with E-state index in [1.165, 1.54) is 18.4 Å². The van der Waals surface area contributed by atoms with Gasteiger partial charge in [0.2, 0.25) is 0 Å². The number of aliphatic hydroxyl groups is 1. The Hall–Kier alpha value is -1.39. The summed E-state index contributed by atoms with van der Waals surface area (Å²) in [7, 11) is 0. The first-order valence-electron chi connectivity index (χ1n) is 8.46. The van der Waals surface area contributed by atoms with Crippen molar-refractivity contribution >= 4 is 5.91 Å². The van der Waals surface area contributed by atoms with Crippen LogP contribution in [0.15, 0.2) is 30.3 Å². The van der Waals surface area contributed by atoms with Crippen molar-refractivity contribution in [3.05, 3.63) is 35.9 Å². The van der Waals surface area contributed by atoms with Crippen LogP contribution in [-0.4, -0.2) is 47.2 Å². The van der Waals surface area contributed by atoms with Crippen molar-refractivity contribution in [2.45, 2.75) is 50.2 Å². The molecule has 1 heterocycles. The van der Waals surface area contributed by atoms with Crippen molar-refractivity contribution in [2.24, 2.45) is 0 Å². The van der Waals surface area contributed by atoms with Crippen LogP contribution in [-0.2, 0) is 11.2 Å². The number of hydrogen-bond acceptors (Lipinski definition) is 3. The lowest BCUT2D eigenvalue weighted by molar-refractivity contribution is -0.156. The molecule has 1 saturated carbocycles. The molecule has 4 heteroatoms. The smallest absolute Gasteiger partial charge is 0.255 e. The second-order valence-electron chi connectivity index (χ2n) is 6.67. The van der Waals surface area contributed by atoms with Crippen molar-refractivity contribution in [3.63, 3.8) is 0 Å². The van der Waals surface area contributed by atoms with Crippen LogP contribution >= 0.6 is 0 Å². The number of hydrogen-bond donors (Lipinski definition) is 2. The monoisotopic (exact) mass is 302 g/mol. The third-order valence-electron chi connectivity index (χ3n) is 4.70. The topological polar surface area (TPSA) is 52.6 Å². The summed E-state index contributed by atoms with van der Waals surface area (Å²) < 4.78 is 0. The van der Waals surface area contributed by atoms with Crippen molar-refractivity contribution in [2.75, 3.05) is 19.6 Å². The second-order valence-corrected chi connectivity index (χ2v) is 6.67. The number of nitrogens with one attached hydrogen (secondary N) is 1. The van der Waals surface area contributed by atoms with Gasteiger partial charge in [0.05, 0.1) is 0 Å². The Bertz CT molecular complexity index is 501. The van der Waals surface area contributed by atoms with E-state index in [0.29, 0.717) is 19.0 Å². The van der Waals surface area contributed by atoms with E-state index in [1.54, 1.807) is 0 Å². The molecular formula is C18H26N2O2. The lowest BCUT2D eigenvalue weighted by atomic mass is 9.91. The highest BCUT2D eigenvalue weighted by molar-refractivity contribution is 5.86. The van der Waals surface area contributed by atoms with Crippen LogP contribution in [0.5, 0.6) is 0 Å². The third-order valence-corrected chi connectivity index (χ3v) is 4.70. The van der Waals surface area contributed by atoms with Gasteiger partial charge in [0.1, 0.15) is 0 Å². The van der Waals surface area contributed by atoms with Crippen molar-refractivity contribution in [3.8, 4) is 0 Å². The quantitative estimate of drug-likeness (QED) is 0.806. The van der Waals surface area contributed by atoms with Crippen LogP contribution in [0.3, 0.4) is 0 Å². The number of carbonyl (C=O) groups excluding carboxylic acids is 1. The number of aryl methyl sites for hydroxylation is 1. The molecule has 0 radical (unpaired) electrons. The SMILES string of the molecule is O=C1N(CCCc2ccccc2)CCCC1(O)CNC1CC1. The molecule has 1 aromatic rings. The summed E-state index contributed by atoms with van der Waals surface area (Å²) in [5.74, 6) is -0.0834. The minimum absolute atomic E-state index is 0.0834. The molecule has 0 spiro atoms.